The maximum atomic E-state index is 13.0. The lowest BCUT2D eigenvalue weighted by molar-refractivity contribution is -0.121. The number of carbonyl (C=O) groups excluding carboxylic acids is 1. The molecule has 2 fully saturated rings. The van der Waals surface area contributed by atoms with Gasteiger partial charge in [0.1, 0.15) is 17.2 Å². The topological polar surface area (TPSA) is 84.6 Å². The molecule has 1 aliphatic carbocycles. The van der Waals surface area contributed by atoms with Gasteiger partial charge in [0, 0.05) is 25.1 Å². The number of nitrogen functional groups attached to an aromatic ring is 1. The van der Waals surface area contributed by atoms with Crippen LogP contribution in [0.25, 0.3) is 0 Å². The predicted octanol–water partition coefficient (Wildman–Crippen LogP) is 3.50. The minimum atomic E-state index is -0.442. The Morgan fingerprint density at radius 1 is 1.06 bits per heavy atom. The molecule has 1 aromatic heterocycles. The van der Waals surface area contributed by atoms with E-state index in [4.69, 9.17) is 15.5 Å². The highest BCUT2D eigenvalue weighted by Crippen LogP contribution is 2.50. The van der Waals surface area contributed by atoms with E-state index in [-0.39, 0.29) is 5.78 Å². The highest BCUT2D eigenvalue weighted by molar-refractivity contribution is 6.00. The smallest absolute Gasteiger partial charge is 0.320 e. The Morgan fingerprint density at radius 2 is 1.75 bits per heavy atom. The number of nitrogens with zero attached hydrogens (tertiary/aromatic N) is 4. The number of benzene rings is 1. The van der Waals surface area contributed by atoms with Crippen molar-refractivity contribution < 1.29 is 9.53 Å². The van der Waals surface area contributed by atoms with Gasteiger partial charge >= 0.3 is 6.01 Å². The second kappa shape index (κ2) is 8.70. The third-order valence-electron chi connectivity index (χ3n) is 7.05. The number of fused-ring (bicyclic) bond motifs is 1. The molecule has 2 N–H and O–H groups in total. The summed E-state index contributed by atoms with van der Waals surface area (Å²) >= 11 is 0. The summed E-state index contributed by atoms with van der Waals surface area (Å²) in [5.41, 5.74) is 9.06. The van der Waals surface area contributed by atoms with Crippen molar-refractivity contribution in [1.82, 2.24) is 14.9 Å². The summed E-state index contributed by atoms with van der Waals surface area (Å²) in [4.78, 5) is 26.8. The van der Waals surface area contributed by atoms with Gasteiger partial charge in [-0.2, -0.15) is 9.97 Å². The Bertz CT molecular complexity index is 981. The van der Waals surface area contributed by atoms with Crippen LogP contribution in [0.5, 0.6) is 6.01 Å². The van der Waals surface area contributed by atoms with Crippen LogP contribution in [0, 0.1) is 0 Å². The van der Waals surface area contributed by atoms with Crippen molar-refractivity contribution in [3.8, 4) is 6.01 Å². The molecule has 0 unspecified atom stereocenters. The van der Waals surface area contributed by atoms with E-state index in [1.807, 2.05) is 0 Å². The van der Waals surface area contributed by atoms with Crippen LogP contribution in [-0.4, -0.2) is 45.9 Å². The van der Waals surface area contributed by atoms with Gasteiger partial charge in [0.25, 0.3) is 0 Å². The van der Waals surface area contributed by atoms with E-state index < -0.39 is 5.54 Å². The lowest BCUT2D eigenvalue weighted by Gasteiger charge is -2.37. The van der Waals surface area contributed by atoms with E-state index >= 15 is 0 Å². The van der Waals surface area contributed by atoms with Crippen LogP contribution < -0.4 is 15.4 Å². The zero-order valence-electron chi connectivity index (χ0n) is 19.0. The largest absolute Gasteiger partial charge is 0.463 e. The standard InChI is InChI=1S/C25H33N5O2/c1-2-3-14-32-24-27-22(26)20-15-21(31)25(10-11-25)30(23(20)28-24)17-19-8-6-18(7-9-19)16-29-12-4-5-13-29/h6-9H,2-5,10-17H2,1H3,(H2,26,27,28). The molecule has 5 rings (SSSR count). The van der Waals surface area contributed by atoms with Crippen molar-refractivity contribution >= 4 is 17.4 Å². The van der Waals surface area contributed by atoms with Gasteiger partial charge in [0.2, 0.25) is 0 Å². The monoisotopic (exact) mass is 435 g/mol. The lowest BCUT2D eigenvalue weighted by atomic mass is 9.94. The minimum absolute atomic E-state index is 0.227. The molecule has 32 heavy (non-hydrogen) atoms. The number of ether oxygens (including phenoxy) is 1. The predicted molar refractivity (Wildman–Crippen MR) is 125 cm³/mol. The highest BCUT2D eigenvalue weighted by atomic mass is 16.5. The molecule has 3 heterocycles. The number of rotatable bonds is 8. The van der Waals surface area contributed by atoms with Crippen molar-refractivity contribution in [3.63, 3.8) is 0 Å². The molecule has 0 bridgehead atoms. The van der Waals surface area contributed by atoms with Crippen molar-refractivity contribution in [2.24, 2.45) is 0 Å². The number of unbranched alkanes of at least 4 members (excludes halogenated alkanes) is 1. The Balaban J connectivity index is 1.39. The first kappa shape index (κ1) is 21.2. The third-order valence-corrected chi connectivity index (χ3v) is 7.05. The van der Waals surface area contributed by atoms with Crippen LogP contribution in [0.2, 0.25) is 0 Å². The average Bonchev–Trinajstić information content (AvgIpc) is 3.42. The van der Waals surface area contributed by atoms with E-state index in [2.05, 4.69) is 46.0 Å². The molecule has 7 nitrogen and oxygen atoms in total. The fourth-order valence-electron chi connectivity index (χ4n) is 4.94. The second-order valence-corrected chi connectivity index (χ2v) is 9.41. The first-order valence-corrected chi connectivity index (χ1v) is 12.0. The molecule has 7 heteroatoms. The van der Waals surface area contributed by atoms with Crippen LogP contribution >= 0.6 is 0 Å². The SMILES string of the molecule is CCCCOc1nc(N)c2c(n1)N(Cc1ccc(CN3CCCC3)cc1)C1(CC1)C(=O)C2. The van der Waals surface area contributed by atoms with Crippen LogP contribution in [0.15, 0.2) is 24.3 Å². The Hall–Kier alpha value is -2.67. The first-order chi connectivity index (χ1) is 15.6. The van der Waals surface area contributed by atoms with E-state index in [1.165, 1.54) is 37.1 Å². The van der Waals surface area contributed by atoms with E-state index in [9.17, 15) is 4.79 Å². The van der Waals surface area contributed by atoms with Gasteiger partial charge in [-0.05, 0) is 56.3 Å². The van der Waals surface area contributed by atoms with Gasteiger partial charge in [0.05, 0.1) is 6.61 Å². The van der Waals surface area contributed by atoms with Gasteiger partial charge in [-0.25, -0.2) is 0 Å². The maximum Gasteiger partial charge on any atom is 0.320 e. The Kier molecular flexibility index (Phi) is 5.76. The first-order valence-electron chi connectivity index (χ1n) is 12.0. The summed E-state index contributed by atoms with van der Waals surface area (Å²) in [6.07, 6.45) is 6.63. The lowest BCUT2D eigenvalue weighted by Crippen LogP contribution is -2.48. The van der Waals surface area contributed by atoms with Gasteiger partial charge in [0.15, 0.2) is 5.78 Å². The molecule has 0 amide bonds. The molecule has 1 spiro atoms. The third kappa shape index (κ3) is 4.06. The van der Waals surface area contributed by atoms with Crippen LogP contribution in [0.1, 0.15) is 62.1 Å². The second-order valence-electron chi connectivity index (χ2n) is 9.41. The van der Waals surface area contributed by atoms with Crippen molar-refractivity contribution in [2.75, 3.05) is 30.3 Å². The summed E-state index contributed by atoms with van der Waals surface area (Å²) in [6.45, 7) is 6.72. The normalized spacial score (nSPS) is 19.4. The number of likely N-dealkylation sites (tertiary alicyclic amines) is 1. The molecular formula is C25H33N5O2. The minimum Gasteiger partial charge on any atom is -0.463 e. The van der Waals surface area contributed by atoms with E-state index in [0.29, 0.717) is 31.4 Å². The average molecular weight is 436 g/mol. The number of Topliss-reactive ketones (excluding diaryl/α,β-unsaturated/α-hetero) is 1. The quantitative estimate of drug-likeness (QED) is 0.635. The molecule has 2 aliphatic heterocycles. The number of ketones is 1. The summed E-state index contributed by atoms with van der Waals surface area (Å²) in [6, 6.07) is 9.11. The number of carbonyl (C=O) groups is 1. The van der Waals surface area contributed by atoms with Crippen molar-refractivity contribution in [2.45, 2.75) is 70.5 Å². The number of aromatic nitrogens is 2. The molecule has 2 aromatic rings. The number of hydrogen-bond donors (Lipinski definition) is 1. The van der Waals surface area contributed by atoms with Crippen LogP contribution in [-0.2, 0) is 24.3 Å². The fraction of sp³-hybridized carbons (Fsp3) is 0.560. The Labute approximate surface area is 190 Å². The summed E-state index contributed by atoms with van der Waals surface area (Å²) in [5, 5.41) is 0. The fourth-order valence-corrected chi connectivity index (χ4v) is 4.94. The summed E-state index contributed by atoms with van der Waals surface area (Å²) < 4.78 is 5.77. The molecule has 0 radical (unpaired) electrons. The zero-order valence-corrected chi connectivity index (χ0v) is 19.0. The maximum absolute atomic E-state index is 13.0. The van der Waals surface area contributed by atoms with E-state index in [1.54, 1.807) is 0 Å². The number of nitrogens with two attached hydrogens (primary N) is 1. The molecule has 0 atom stereocenters. The molecular weight excluding hydrogens is 402 g/mol. The molecule has 1 saturated carbocycles. The van der Waals surface area contributed by atoms with Gasteiger partial charge < -0.3 is 15.4 Å². The summed E-state index contributed by atoms with van der Waals surface area (Å²) in [5.74, 6) is 1.35. The van der Waals surface area contributed by atoms with Crippen LogP contribution in [0.4, 0.5) is 11.6 Å². The van der Waals surface area contributed by atoms with E-state index in [0.717, 1.165) is 43.6 Å². The molecule has 170 valence electrons. The zero-order chi connectivity index (χ0) is 22.1. The molecule has 3 aliphatic rings. The molecule has 1 aromatic carbocycles. The number of anilines is 2. The van der Waals surface area contributed by atoms with Gasteiger partial charge in [-0.3, -0.25) is 9.69 Å². The Morgan fingerprint density at radius 3 is 2.41 bits per heavy atom. The van der Waals surface area contributed by atoms with Gasteiger partial charge in [-0.1, -0.05) is 37.6 Å². The summed E-state index contributed by atoms with van der Waals surface area (Å²) in [7, 11) is 0. The molecule has 1 saturated heterocycles. The van der Waals surface area contributed by atoms with Crippen molar-refractivity contribution in [3.05, 3.63) is 41.0 Å². The number of hydrogen-bond acceptors (Lipinski definition) is 7. The van der Waals surface area contributed by atoms with Crippen LogP contribution in [0.3, 0.4) is 0 Å². The van der Waals surface area contributed by atoms with Crippen molar-refractivity contribution in [1.29, 1.82) is 0 Å². The highest BCUT2D eigenvalue weighted by Gasteiger charge is 2.57. The van der Waals surface area contributed by atoms with Gasteiger partial charge in [-0.15, -0.1) is 0 Å².